The number of carbonyl (C=O) groups is 1. The third-order valence-corrected chi connectivity index (χ3v) is 7.06. The number of hydrogen-bond acceptors (Lipinski definition) is 4. The molecule has 0 aliphatic heterocycles. The summed E-state index contributed by atoms with van der Waals surface area (Å²) >= 11 is 0. The monoisotopic (exact) mass is 470 g/mol. The predicted octanol–water partition coefficient (Wildman–Crippen LogP) is 4.90. The minimum Gasteiger partial charge on any atom is -0.465 e. The highest BCUT2D eigenvalue weighted by Gasteiger charge is 2.29. The standard InChI is InChI=1S/C25H30N2O5S/c1-24(2,3)26(23(28)29)16-18-14-22(19-10-7-6-8-11-19)27(17-18)33(31,32)21-13-9-12-20(15-21)25(4,5)30/h6-15,17,30H,16H2,1-5H3,(H,28,29). The quantitative estimate of drug-likeness (QED) is 0.534. The predicted molar refractivity (Wildman–Crippen MR) is 127 cm³/mol. The summed E-state index contributed by atoms with van der Waals surface area (Å²) in [6, 6.07) is 17.0. The summed E-state index contributed by atoms with van der Waals surface area (Å²) in [4.78, 5) is 13.1. The van der Waals surface area contributed by atoms with Crippen LogP contribution in [0.15, 0.2) is 71.8 Å². The van der Waals surface area contributed by atoms with Crippen molar-refractivity contribution >= 4 is 16.1 Å². The van der Waals surface area contributed by atoms with Crippen LogP contribution in [-0.4, -0.2) is 39.1 Å². The average molecular weight is 471 g/mol. The zero-order valence-electron chi connectivity index (χ0n) is 19.5. The molecular weight excluding hydrogens is 440 g/mol. The second-order valence-corrected chi connectivity index (χ2v) is 11.3. The molecule has 1 aromatic heterocycles. The normalized spacial score (nSPS) is 12.5. The van der Waals surface area contributed by atoms with Crippen molar-refractivity contribution in [3.63, 3.8) is 0 Å². The van der Waals surface area contributed by atoms with Crippen molar-refractivity contribution in [2.24, 2.45) is 0 Å². The summed E-state index contributed by atoms with van der Waals surface area (Å²) in [5.41, 5.74) is 0.267. The van der Waals surface area contributed by atoms with Crippen LogP contribution in [0.1, 0.15) is 45.7 Å². The van der Waals surface area contributed by atoms with Crippen LogP contribution < -0.4 is 0 Å². The van der Waals surface area contributed by atoms with Gasteiger partial charge in [0.1, 0.15) is 0 Å². The van der Waals surface area contributed by atoms with E-state index in [1.54, 1.807) is 65.0 Å². The van der Waals surface area contributed by atoms with Crippen molar-refractivity contribution in [2.75, 3.05) is 0 Å². The van der Waals surface area contributed by atoms with Gasteiger partial charge in [-0.25, -0.2) is 17.2 Å². The van der Waals surface area contributed by atoms with Crippen molar-refractivity contribution in [3.8, 4) is 11.3 Å². The van der Waals surface area contributed by atoms with E-state index in [-0.39, 0.29) is 11.4 Å². The summed E-state index contributed by atoms with van der Waals surface area (Å²) in [6.45, 7) is 8.58. The number of carboxylic acid groups (broad SMARTS) is 1. The molecule has 2 aromatic carbocycles. The first-order chi connectivity index (χ1) is 15.2. The fourth-order valence-electron chi connectivity index (χ4n) is 3.53. The van der Waals surface area contributed by atoms with Crippen LogP contribution in [0, 0.1) is 0 Å². The molecule has 0 aliphatic rings. The number of nitrogens with zero attached hydrogens (tertiary/aromatic N) is 2. The van der Waals surface area contributed by atoms with E-state index in [9.17, 15) is 23.4 Å². The molecule has 0 radical (unpaired) electrons. The molecule has 0 aliphatic carbocycles. The first-order valence-electron chi connectivity index (χ1n) is 10.6. The van der Waals surface area contributed by atoms with Crippen LogP contribution in [0.25, 0.3) is 11.3 Å². The lowest BCUT2D eigenvalue weighted by Gasteiger charge is -2.32. The Morgan fingerprint density at radius 1 is 0.970 bits per heavy atom. The molecule has 0 saturated carbocycles. The number of benzene rings is 2. The first kappa shape index (κ1) is 24.5. The molecule has 3 rings (SSSR count). The molecule has 176 valence electrons. The molecule has 7 nitrogen and oxygen atoms in total. The maximum atomic E-state index is 13.7. The van der Waals surface area contributed by atoms with E-state index in [0.717, 1.165) is 0 Å². The number of hydrogen-bond donors (Lipinski definition) is 2. The average Bonchev–Trinajstić information content (AvgIpc) is 3.16. The molecule has 0 fully saturated rings. The first-order valence-corrected chi connectivity index (χ1v) is 12.0. The Balaban J connectivity index is 2.17. The van der Waals surface area contributed by atoms with Gasteiger partial charge < -0.3 is 10.2 Å². The molecule has 8 heteroatoms. The summed E-state index contributed by atoms with van der Waals surface area (Å²) in [5.74, 6) is 0. The van der Waals surface area contributed by atoms with Gasteiger partial charge in [0.05, 0.1) is 22.7 Å². The molecule has 0 unspecified atom stereocenters. The summed E-state index contributed by atoms with van der Waals surface area (Å²) in [7, 11) is -4.03. The van der Waals surface area contributed by atoms with Gasteiger partial charge >= 0.3 is 6.09 Å². The molecule has 0 bridgehead atoms. The lowest BCUT2D eigenvalue weighted by atomic mass is 9.99. The van der Waals surface area contributed by atoms with E-state index >= 15 is 0 Å². The molecule has 33 heavy (non-hydrogen) atoms. The zero-order chi connectivity index (χ0) is 24.6. The van der Waals surface area contributed by atoms with Crippen molar-refractivity contribution in [1.82, 2.24) is 8.87 Å². The molecule has 0 saturated heterocycles. The van der Waals surface area contributed by atoms with Crippen molar-refractivity contribution in [3.05, 3.63) is 78.0 Å². The highest BCUT2D eigenvalue weighted by molar-refractivity contribution is 7.90. The van der Waals surface area contributed by atoms with Gasteiger partial charge in [-0.2, -0.15) is 0 Å². The molecule has 1 heterocycles. The smallest absolute Gasteiger partial charge is 0.408 e. The van der Waals surface area contributed by atoms with Crippen LogP contribution in [0.4, 0.5) is 4.79 Å². The second-order valence-electron chi connectivity index (χ2n) is 9.53. The van der Waals surface area contributed by atoms with E-state index in [2.05, 4.69) is 0 Å². The summed E-state index contributed by atoms with van der Waals surface area (Å²) < 4.78 is 28.6. The van der Waals surface area contributed by atoms with Crippen molar-refractivity contribution in [1.29, 1.82) is 0 Å². The molecule has 0 atom stereocenters. The van der Waals surface area contributed by atoms with E-state index in [4.69, 9.17) is 0 Å². The summed E-state index contributed by atoms with van der Waals surface area (Å²) in [6.07, 6.45) is 0.382. The van der Waals surface area contributed by atoms with Crippen LogP contribution >= 0.6 is 0 Å². The number of rotatable bonds is 6. The van der Waals surface area contributed by atoms with Crippen LogP contribution in [0.2, 0.25) is 0 Å². The Bertz CT molecular complexity index is 1250. The van der Waals surface area contributed by atoms with Crippen molar-refractivity contribution in [2.45, 2.75) is 57.2 Å². The van der Waals surface area contributed by atoms with E-state index < -0.39 is 27.3 Å². The van der Waals surface area contributed by atoms with Gasteiger partial charge in [0.15, 0.2) is 0 Å². The van der Waals surface area contributed by atoms with Gasteiger partial charge in [0.25, 0.3) is 10.0 Å². The number of aromatic nitrogens is 1. The number of aliphatic hydroxyl groups is 1. The second kappa shape index (κ2) is 8.68. The highest BCUT2D eigenvalue weighted by atomic mass is 32.2. The third kappa shape index (κ3) is 5.29. The number of amides is 1. The Labute approximate surface area is 195 Å². The van der Waals surface area contributed by atoms with Gasteiger partial charge in [-0.3, -0.25) is 4.90 Å². The van der Waals surface area contributed by atoms with Crippen LogP contribution in [-0.2, 0) is 22.2 Å². The maximum Gasteiger partial charge on any atom is 0.408 e. The molecule has 1 amide bonds. The Kier molecular flexibility index (Phi) is 6.46. The van der Waals surface area contributed by atoms with Gasteiger partial charge in [-0.15, -0.1) is 0 Å². The molecule has 3 aromatic rings. The molecule has 2 N–H and O–H groups in total. The van der Waals surface area contributed by atoms with Crippen LogP contribution in [0.3, 0.4) is 0 Å². The Morgan fingerprint density at radius 2 is 1.61 bits per heavy atom. The fourth-order valence-corrected chi connectivity index (χ4v) is 4.97. The lowest BCUT2D eigenvalue weighted by Crippen LogP contribution is -2.44. The van der Waals surface area contributed by atoms with E-state index in [1.807, 2.05) is 18.2 Å². The van der Waals surface area contributed by atoms with Gasteiger partial charge in [0, 0.05) is 11.7 Å². The van der Waals surface area contributed by atoms with Crippen molar-refractivity contribution < 1.29 is 23.4 Å². The lowest BCUT2D eigenvalue weighted by molar-refractivity contribution is 0.0783. The fraction of sp³-hybridized carbons (Fsp3) is 0.320. The van der Waals surface area contributed by atoms with Gasteiger partial charge in [0.2, 0.25) is 0 Å². The van der Waals surface area contributed by atoms with Gasteiger partial charge in [-0.05, 0) is 69.5 Å². The Hall–Kier alpha value is -3.10. The molecular formula is C25H30N2O5S. The van der Waals surface area contributed by atoms with Crippen LogP contribution in [0.5, 0.6) is 0 Å². The van der Waals surface area contributed by atoms with Gasteiger partial charge in [-0.1, -0.05) is 42.5 Å². The summed E-state index contributed by atoms with van der Waals surface area (Å²) in [5, 5.41) is 20.0. The highest BCUT2D eigenvalue weighted by Crippen LogP contribution is 2.30. The Morgan fingerprint density at radius 3 is 2.15 bits per heavy atom. The van der Waals surface area contributed by atoms with E-state index in [1.165, 1.54) is 27.2 Å². The van der Waals surface area contributed by atoms with E-state index in [0.29, 0.717) is 22.4 Å². The third-order valence-electron chi connectivity index (χ3n) is 5.39. The minimum absolute atomic E-state index is 0.0326. The zero-order valence-corrected chi connectivity index (χ0v) is 20.3. The largest absolute Gasteiger partial charge is 0.465 e. The topological polar surface area (TPSA) is 99.8 Å². The molecule has 0 spiro atoms. The maximum absolute atomic E-state index is 13.7. The minimum atomic E-state index is -4.03. The SMILES string of the molecule is CC(C)(O)c1cccc(S(=O)(=O)n2cc(CN(C(=O)O)C(C)(C)C)cc2-c2ccccc2)c1.